The van der Waals surface area contributed by atoms with Crippen molar-refractivity contribution >= 4 is 28.9 Å². The first-order valence-electron chi connectivity index (χ1n) is 6.40. The average molecular weight is 310 g/mol. The standard InChI is InChI=1S/C16H17Cl2NO/c1-11(20)13-6-7-16(15(18)9-13)19(2)10-12-4-3-5-14(17)8-12/h3-9,11,20H,10H2,1-2H3. The predicted octanol–water partition coefficient (Wildman–Crippen LogP) is 4.68. The lowest BCUT2D eigenvalue weighted by Gasteiger charge is -2.21. The molecule has 0 radical (unpaired) electrons. The summed E-state index contributed by atoms with van der Waals surface area (Å²) in [5.74, 6) is 0. The van der Waals surface area contributed by atoms with Crippen molar-refractivity contribution < 1.29 is 5.11 Å². The highest BCUT2D eigenvalue weighted by Crippen LogP contribution is 2.29. The minimum absolute atomic E-state index is 0.514. The van der Waals surface area contributed by atoms with E-state index in [1.807, 2.05) is 43.4 Å². The third-order valence-electron chi connectivity index (χ3n) is 3.17. The summed E-state index contributed by atoms with van der Waals surface area (Å²) in [5.41, 5.74) is 2.86. The van der Waals surface area contributed by atoms with E-state index in [2.05, 4.69) is 4.90 Å². The highest BCUT2D eigenvalue weighted by molar-refractivity contribution is 6.33. The van der Waals surface area contributed by atoms with Gasteiger partial charge in [0.2, 0.25) is 0 Å². The molecule has 0 bridgehead atoms. The van der Waals surface area contributed by atoms with E-state index in [-0.39, 0.29) is 0 Å². The lowest BCUT2D eigenvalue weighted by atomic mass is 10.1. The fourth-order valence-electron chi connectivity index (χ4n) is 2.09. The Bertz CT molecular complexity index is 599. The van der Waals surface area contributed by atoms with Crippen molar-refractivity contribution in [3.63, 3.8) is 0 Å². The Morgan fingerprint density at radius 2 is 1.90 bits per heavy atom. The molecule has 1 unspecified atom stereocenters. The number of benzene rings is 2. The van der Waals surface area contributed by atoms with Gasteiger partial charge in [-0.3, -0.25) is 0 Å². The van der Waals surface area contributed by atoms with Crippen molar-refractivity contribution in [2.24, 2.45) is 0 Å². The van der Waals surface area contributed by atoms with Crippen molar-refractivity contribution in [1.82, 2.24) is 0 Å². The van der Waals surface area contributed by atoms with Crippen molar-refractivity contribution in [2.45, 2.75) is 19.6 Å². The zero-order valence-corrected chi connectivity index (χ0v) is 13.0. The van der Waals surface area contributed by atoms with Crippen molar-refractivity contribution in [3.8, 4) is 0 Å². The zero-order valence-electron chi connectivity index (χ0n) is 11.5. The van der Waals surface area contributed by atoms with Crippen LogP contribution in [0.4, 0.5) is 5.69 Å². The summed E-state index contributed by atoms with van der Waals surface area (Å²) >= 11 is 12.3. The van der Waals surface area contributed by atoms with Crippen LogP contribution in [0.15, 0.2) is 42.5 Å². The lowest BCUT2D eigenvalue weighted by molar-refractivity contribution is 0.199. The molecule has 2 aromatic rings. The topological polar surface area (TPSA) is 23.5 Å². The third-order valence-corrected chi connectivity index (χ3v) is 3.71. The minimum Gasteiger partial charge on any atom is -0.389 e. The molecule has 0 saturated carbocycles. The first-order chi connectivity index (χ1) is 9.47. The summed E-state index contributed by atoms with van der Waals surface area (Å²) in [6, 6.07) is 13.4. The molecule has 0 aliphatic rings. The van der Waals surface area contributed by atoms with Gasteiger partial charge in [0, 0.05) is 18.6 Å². The normalized spacial score (nSPS) is 12.2. The Morgan fingerprint density at radius 3 is 2.50 bits per heavy atom. The number of halogens is 2. The Balaban J connectivity index is 2.19. The van der Waals surface area contributed by atoms with E-state index in [0.29, 0.717) is 11.6 Å². The van der Waals surface area contributed by atoms with Crippen LogP contribution in [0.25, 0.3) is 0 Å². The van der Waals surface area contributed by atoms with Crippen LogP contribution in [-0.2, 0) is 6.54 Å². The first-order valence-corrected chi connectivity index (χ1v) is 7.16. The molecule has 2 rings (SSSR count). The fourth-order valence-corrected chi connectivity index (χ4v) is 2.63. The number of aliphatic hydroxyl groups excluding tert-OH is 1. The molecule has 0 heterocycles. The summed E-state index contributed by atoms with van der Waals surface area (Å²) in [7, 11) is 1.98. The molecule has 1 N–H and O–H groups in total. The van der Waals surface area contributed by atoms with E-state index >= 15 is 0 Å². The molecule has 0 amide bonds. The van der Waals surface area contributed by atoms with Crippen LogP contribution in [0, 0.1) is 0 Å². The van der Waals surface area contributed by atoms with E-state index in [0.717, 1.165) is 21.8 Å². The number of anilines is 1. The SMILES string of the molecule is CC(O)c1ccc(N(C)Cc2cccc(Cl)c2)c(Cl)c1. The van der Waals surface area contributed by atoms with Gasteiger partial charge in [-0.25, -0.2) is 0 Å². The molecule has 2 nitrogen and oxygen atoms in total. The fraction of sp³-hybridized carbons (Fsp3) is 0.250. The smallest absolute Gasteiger partial charge is 0.0762 e. The minimum atomic E-state index is -0.514. The van der Waals surface area contributed by atoms with E-state index < -0.39 is 6.10 Å². The van der Waals surface area contributed by atoms with Gasteiger partial charge in [-0.2, -0.15) is 0 Å². The van der Waals surface area contributed by atoms with Gasteiger partial charge in [0.05, 0.1) is 16.8 Å². The molecule has 0 aliphatic carbocycles. The van der Waals surface area contributed by atoms with Crippen molar-refractivity contribution in [3.05, 3.63) is 63.6 Å². The van der Waals surface area contributed by atoms with Crippen LogP contribution >= 0.6 is 23.2 Å². The van der Waals surface area contributed by atoms with Crippen LogP contribution in [0.5, 0.6) is 0 Å². The molecule has 2 aromatic carbocycles. The highest BCUT2D eigenvalue weighted by atomic mass is 35.5. The molecule has 0 saturated heterocycles. The molecule has 0 spiro atoms. The molecule has 0 fully saturated rings. The average Bonchev–Trinajstić information content (AvgIpc) is 2.38. The number of nitrogens with zero attached hydrogens (tertiary/aromatic N) is 1. The highest BCUT2D eigenvalue weighted by Gasteiger charge is 2.10. The maximum atomic E-state index is 9.56. The molecule has 106 valence electrons. The second kappa shape index (κ2) is 6.49. The summed E-state index contributed by atoms with van der Waals surface area (Å²) < 4.78 is 0. The van der Waals surface area contributed by atoms with Gasteiger partial charge >= 0.3 is 0 Å². The van der Waals surface area contributed by atoms with E-state index in [9.17, 15) is 5.11 Å². The first kappa shape index (κ1) is 15.2. The van der Waals surface area contributed by atoms with Gasteiger partial charge in [0.25, 0.3) is 0 Å². The molecule has 0 aromatic heterocycles. The molecule has 0 aliphatic heterocycles. The monoisotopic (exact) mass is 309 g/mol. The van der Waals surface area contributed by atoms with Gasteiger partial charge in [0.1, 0.15) is 0 Å². The Hall–Kier alpha value is -1.22. The van der Waals surface area contributed by atoms with Crippen LogP contribution in [0.3, 0.4) is 0 Å². The maximum absolute atomic E-state index is 9.56. The largest absolute Gasteiger partial charge is 0.389 e. The lowest BCUT2D eigenvalue weighted by Crippen LogP contribution is -2.16. The summed E-state index contributed by atoms with van der Waals surface area (Å²) in [5, 5.41) is 10.9. The molecule has 4 heteroatoms. The van der Waals surface area contributed by atoms with Crippen molar-refractivity contribution in [2.75, 3.05) is 11.9 Å². The van der Waals surface area contributed by atoms with E-state index in [1.54, 1.807) is 13.0 Å². The van der Waals surface area contributed by atoms with Crippen LogP contribution in [0.2, 0.25) is 10.0 Å². The second-order valence-electron chi connectivity index (χ2n) is 4.87. The zero-order chi connectivity index (χ0) is 14.7. The van der Waals surface area contributed by atoms with Gasteiger partial charge < -0.3 is 10.0 Å². The number of aliphatic hydroxyl groups is 1. The Kier molecular flexibility index (Phi) is 4.92. The Labute approximate surface area is 129 Å². The number of rotatable bonds is 4. The summed E-state index contributed by atoms with van der Waals surface area (Å²) in [4.78, 5) is 2.06. The van der Waals surface area contributed by atoms with Gasteiger partial charge in [0.15, 0.2) is 0 Å². The maximum Gasteiger partial charge on any atom is 0.0762 e. The van der Waals surface area contributed by atoms with Gasteiger partial charge in [-0.1, -0.05) is 41.4 Å². The summed E-state index contributed by atoms with van der Waals surface area (Å²) in [6.45, 7) is 2.44. The molecule has 20 heavy (non-hydrogen) atoms. The number of hydrogen-bond acceptors (Lipinski definition) is 2. The van der Waals surface area contributed by atoms with Gasteiger partial charge in [-0.05, 0) is 42.3 Å². The molecular formula is C16H17Cl2NO. The van der Waals surface area contributed by atoms with E-state index in [4.69, 9.17) is 23.2 Å². The van der Waals surface area contributed by atoms with Crippen LogP contribution in [-0.4, -0.2) is 12.2 Å². The molecular weight excluding hydrogens is 293 g/mol. The quantitative estimate of drug-likeness (QED) is 0.886. The van der Waals surface area contributed by atoms with Gasteiger partial charge in [-0.15, -0.1) is 0 Å². The summed E-state index contributed by atoms with van der Waals surface area (Å²) in [6.07, 6.45) is -0.514. The van der Waals surface area contributed by atoms with Crippen molar-refractivity contribution in [1.29, 1.82) is 0 Å². The van der Waals surface area contributed by atoms with Crippen LogP contribution < -0.4 is 4.90 Å². The van der Waals surface area contributed by atoms with E-state index in [1.165, 1.54) is 0 Å². The number of hydrogen-bond donors (Lipinski definition) is 1. The predicted molar refractivity (Wildman–Crippen MR) is 85.6 cm³/mol. The second-order valence-corrected chi connectivity index (χ2v) is 5.72. The Morgan fingerprint density at radius 1 is 1.15 bits per heavy atom. The molecule has 1 atom stereocenters. The third kappa shape index (κ3) is 3.66. The van der Waals surface area contributed by atoms with Crippen LogP contribution in [0.1, 0.15) is 24.2 Å².